The summed E-state index contributed by atoms with van der Waals surface area (Å²) in [6, 6.07) is 17.2. The van der Waals surface area contributed by atoms with E-state index in [0.29, 0.717) is 13.2 Å². The zero-order valence-corrected chi connectivity index (χ0v) is 16.5. The summed E-state index contributed by atoms with van der Waals surface area (Å²) in [6.07, 6.45) is 9.77. The van der Waals surface area contributed by atoms with Gasteiger partial charge in [0.1, 0.15) is 12.4 Å². The van der Waals surface area contributed by atoms with Gasteiger partial charge in [-0.3, -0.25) is 0 Å². The molecule has 1 unspecified atom stereocenters. The highest BCUT2D eigenvalue weighted by molar-refractivity contribution is 5.47. The minimum Gasteiger partial charge on any atom is -0.491 e. The molecule has 1 saturated carbocycles. The molecule has 1 fully saturated rings. The molecule has 3 rings (SSSR count). The summed E-state index contributed by atoms with van der Waals surface area (Å²) in [5.41, 5.74) is 3.90. The summed E-state index contributed by atoms with van der Waals surface area (Å²) in [5, 5.41) is 0. The lowest BCUT2D eigenvalue weighted by Crippen LogP contribution is -2.16. The highest BCUT2D eigenvalue weighted by atomic mass is 16.5. The van der Waals surface area contributed by atoms with Crippen molar-refractivity contribution < 1.29 is 9.47 Å². The summed E-state index contributed by atoms with van der Waals surface area (Å²) in [7, 11) is 0. The fourth-order valence-electron chi connectivity index (χ4n) is 3.86. The van der Waals surface area contributed by atoms with Gasteiger partial charge >= 0.3 is 0 Å². The third-order valence-corrected chi connectivity index (χ3v) is 5.45. The van der Waals surface area contributed by atoms with Crippen molar-refractivity contribution in [1.29, 1.82) is 0 Å². The second-order valence-corrected chi connectivity index (χ2v) is 7.58. The first kappa shape index (κ1) is 19.7. The molecule has 27 heavy (non-hydrogen) atoms. The Bertz CT molecular complexity index is 681. The first-order chi connectivity index (χ1) is 13.2. The topological polar surface area (TPSA) is 18.5 Å². The van der Waals surface area contributed by atoms with Crippen LogP contribution in [-0.2, 0) is 11.2 Å². The molecule has 0 aliphatic heterocycles. The van der Waals surface area contributed by atoms with Crippen molar-refractivity contribution in [3.05, 3.63) is 71.8 Å². The monoisotopic (exact) mass is 364 g/mol. The van der Waals surface area contributed by atoms with Gasteiger partial charge in [-0.2, -0.15) is 0 Å². The van der Waals surface area contributed by atoms with Crippen molar-refractivity contribution in [1.82, 2.24) is 0 Å². The van der Waals surface area contributed by atoms with Crippen molar-refractivity contribution in [3.63, 3.8) is 0 Å². The van der Waals surface area contributed by atoms with E-state index in [2.05, 4.69) is 62.0 Å². The first-order valence-electron chi connectivity index (χ1n) is 10.3. The number of benzene rings is 2. The van der Waals surface area contributed by atoms with E-state index < -0.39 is 0 Å². The number of rotatable bonds is 9. The summed E-state index contributed by atoms with van der Waals surface area (Å²) in [5.74, 6) is 1.68. The van der Waals surface area contributed by atoms with E-state index in [4.69, 9.17) is 9.47 Å². The molecule has 0 N–H and O–H groups in total. The minimum atomic E-state index is 0.178. The van der Waals surface area contributed by atoms with E-state index in [1.54, 1.807) is 0 Å². The van der Waals surface area contributed by atoms with Crippen LogP contribution in [0.15, 0.2) is 55.1 Å². The van der Waals surface area contributed by atoms with Crippen LogP contribution in [0, 0.1) is 0 Å². The van der Waals surface area contributed by atoms with E-state index in [-0.39, 0.29) is 6.10 Å². The normalized spacial score (nSPS) is 16.0. The predicted octanol–water partition coefficient (Wildman–Crippen LogP) is 6.40. The van der Waals surface area contributed by atoms with Crippen LogP contribution >= 0.6 is 0 Å². The van der Waals surface area contributed by atoms with Crippen LogP contribution in [0.5, 0.6) is 5.75 Å². The van der Waals surface area contributed by atoms with Crippen molar-refractivity contribution in [2.24, 2.45) is 0 Å². The van der Waals surface area contributed by atoms with Gasteiger partial charge in [-0.15, -0.1) is 0 Å². The molecule has 2 aromatic rings. The number of hydrogen-bond donors (Lipinski definition) is 0. The van der Waals surface area contributed by atoms with Crippen LogP contribution in [0.2, 0.25) is 0 Å². The number of ether oxygens (including phenoxy) is 2. The Balaban J connectivity index is 1.35. The average Bonchev–Trinajstić information content (AvgIpc) is 2.73. The standard InChI is InChI=1S/C25H32O2/c1-3-21-9-11-22(12-10-21)19-20(2)26-17-18-27-25-15-13-24(14-16-25)23-7-5-4-6-8-23/h3,9-16,20,23H,1,4-8,17-19H2,2H3. The zero-order chi connectivity index (χ0) is 18.9. The second-order valence-electron chi connectivity index (χ2n) is 7.58. The fourth-order valence-corrected chi connectivity index (χ4v) is 3.86. The molecule has 0 spiro atoms. The van der Waals surface area contributed by atoms with Crippen molar-refractivity contribution in [2.45, 2.75) is 57.5 Å². The Morgan fingerprint density at radius 1 is 0.963 bits per heavy atom. The second kappa shape index (κ2) is 10.3. The molecule has 0 amide bonds. The molecule has 1 aliphatic carbocycles. The van der Waals surface area contributed by atoms with Gasteiger partial charge in [0.2, 0.25) is 0 Å². The van der Waals surface area contributed by atoms with Crippen LogP contribution < -0.4 is 4.74 Å². The number of hydrogen-bond acceptors (Lipinski definition) is 2. The van der Waals surface area contributed by atoms with Crippen LogP contribution in [0.25, 0.3) is 6.08 Å². The van der Waals surface area contributed by atoms with Crippen LogP contribution in [-0.4, -0.2) is 19.3 Å². The van der Waals surface area contributed by atoms with E-state index in [1.807, 2.05) is 6.08 Å². The smallest absolute Gasteiger partial charge is 0.119 e. The minimum absolute atomic E-state index is 0.178. The van der Waals surface area contributed by atoms with Gasteiger partial charge in [-0.05, 0) is 60.9 Å². The maximum absolute atomic E-state index is 5.90. The molecule has 0 saturated heterocycles. The summed E-state index contributed by atoms with van der Waals surface area (Å²) in [4.78, 5) is 0. The maximum atomic E-state index is 5.90. The molecular formula is C25H32O2. The fraction of sp³-hybridized carbons (Fsp3) is 0.440. The third kappa shape index (κ3) is 6.25. The van der Waals surface area contributed by atoms with Crippen LogP contribution in [0.1, 0.15) is 61.6 Å². The van der Waals surface area contributed by atoms with E-state index in [0.717, 1.165) is 23.7 Å². The van der Waals surface area contributed by atoms with Crippen LogP contribution in [0.3, 0.4) is 0 Å². The predicted molar refractivity (Wildman–Crippen MR) is 113 cm³/mol. The van der Waals surface area contributed by atoms with E-state index in [1.165, 1.54) is 43.2 Å². The van der Waals surface area contributed by atoms with Gasteiger partial charge in [-0.25, -0.2) is 0 Å². The third-order valence-electron chi connectivity index (χ3n) is 5.45. The molecule has 2 aromatic carbocycles. The van der Waals surface area contributed by atoms with Crippen molar-refractivity contribution in [2.75, 3.05) is 13.2 Å². The van der Waals surface area contributed by atoms with Crippen molar-refractivity contribution >= 4 is 6.08 Å². The molecule has 1 aliphatic rings. The zero-order valence-electron chi connectivity index (χ0n) is 16.5. The molecule has 1 atom stereocenters. The quantitative estimate of drug-likeness (QED) is 0.479. The Morgan fingerprint density at radius 3 is 2.33 bits per heavy atom. The molecule has 2 heteroatoms. The molecule has 0 bridgehead atoms. The average molecular weight is 365 g/mol. The molecule has 0 radical (unpaired) electrons. The van der Waals surface area contributed by atoms with Gasteiger partial charge in [0.15, 0.2) is 0 Å². The van der Waals surface area contributed by atoms with E-state index in [9.17, 15) is 0 Å². The Morgan fingerprint density at radius 2 is 1.67 bits per heavy atom. The van der Waals surface area contributed by atoms with Gasteiger partial charge < -0.3 is 9.47 Å². The summed E-state index contributed by atoms with van der Waals surface area (Å²) < 4.78 is 11.7. The molecule has 144 valence electrons. The van der Waals surface area contributed by atoms with Gasteiger partial charge in [0, 0.05) is 0 Å². The Kier molecular flexibility index (Phi) is 7.53. The Hall–Kier alpha value is -2.06. The summed E-state index contributed by atoms with van der Waals surface area (Å²) >= 11 is 0. The highest BCUT2D eigenvalue weighted by Gasteiger charge is 2.15. The maximum Gasteiger partial charge on any atom is 0.119 e. The first-order valence-corrected chi connectivity index (χ1v) is 10.3. The molecular weight excluding hydrogens is 332 g/mol. The van der Waals surface area contributed by atoms with Crippen molar-refractivity contribution in [3.8, 4) is 5.75 Å². The largest absolute Gasteiger partial charge is 0.491 e. The van der Waals surface area contributed by atoms with Gasteiger partial charge in [0.25, 0.3) is 0 Å². The lowest BCUT2D eigenvalue weighted by atomic mass is 9.84. The highest BCUT2D eigenvalue weighted by Crippen LogP contribution is 2.33. The lowest BCUT2D eigenvalue weighted by Gasteiger charge is -2.22. The Labute approximate surface area is 164 Å². The summed E-state index contributed by atoms with van der Waals surface area (Å²) in [6.45, 7) is 7.09. The SMILES string of the molecule is C=Cc1ccc(CC(C)OCCOc2ccc(C3CCCCC3)cc2)cc1. The molecule has 0 heterocycles. The van der Waals surface area contributed by atoms with Crippen LogP contribution in [0.4, 0.5) is 0 Å². The molecule has 2 nitrogen and oxygen atoms in total. The van der Waals surface area contributed by atoms with Gasteiger partial charge in [0.05, 0.1) is 12.7 Å². The lowest BCUT2D eigenvalue weighted by molar-refractivity contribution is 0.0449. The van der Waals surface area contributed by atoms with Gasteiger partial charge in [-0.1, -0.05) is 68.3 Å². The van der Waals surface area contributed by atoms with E-state index >= 15 is 0 Å². The molecule has 0 aromatic heterocycles.